The summed E-state index contributed by atoms with van der Waals surface area (Å²) in [5, 5.41) is 82.9. The molecule has 6 aromatic rings. The molecule has 326 valence electrons. The molecule has 0 saturated carbocycles. The van der Waals surface area contributed by atoms with Crippen LogP contribution < -0.4 is 30.6 Å². The van der Waals surface area contributed by atoms with Gasteiger partial charge in [0, 0.05) is 36.6 Å². The zero-order valence-corrected chi connectivity index (χ0v) is 37.4. The summed E-state index contributed by atoms with van der Waals surface area (Å²) in [5.41, 5.74) is 2.46. The van der Waals surface area contributed by atoms with E-state index >= 15 is 0 Å². The second-order valence-electron chi connectivity index (χ2n) is 11.6. The van der Waals surface area contributed by atoms with Crippen molar-refractivity contribution in [3.63, 3.8) is 0 Å². The molecule has 20 heteroatoms. The number of para-hydroxylation sites is 2. The van der Waals surface area contributed by atoms with Crippen LogP contribution in [-0.4, -0.2) is 55.7 Å². The third-order valence-corrected chi connectivity index (χ3v) is 6.75. The van der Waals surface area contributed by atoms with Crippen LogP contribution in [0.2, 0.25) is 0 Å². The van der Waals surface area contributed by atoms with Crippen molar-refractivity contribution >= 4 is 57.6 Å². The van der Waals surface area contributed by atoms with Crippen molar-refractivity contribution in [2.24, 2.45) is 20.4 Å². The number of aromatic nitrogens is 4. The summed E-state index contributed by atoms with van der Waals surface area (Å²) < 4.78 is 0. The van der Waals surface area contributed by atoms with Gasteiger partial charge in [-0.2, -0.15) is 20.4 Å². The van der Waals surface area contributed by atoms with Crippen molar-refractivity contribution in [2.45, 2.75) is 27.7 Å². The second-order valence-corrected chi connectivity index (χ2v) is 11.6. The molecule has 0 atom stereocenters. The maximum atomic E-state index is 11.7. The fourth-order valence-electron chi connectivity index (χ4n) is 4.37. The summed E-state index contributed by atoms with van der Waals surface area (Å²) in [6.45, 7) is 5.39. The minimum atomic E-state index is -0.469. The predicted octanol–water partition coefficient (Wildman–Crippen LogP) is -0.476. The van der Waals surface area contributed by atoms with Crippen LogP contribution in [0.25, 0.3) is 21.8 Å². The van der Waals surface area contributed by atoms with Crippen molar-refractivity contribution < 1.29 is 128 Å². The number of pyridine rings is 4. The van der Waals surface area contributed by atoms with Gasteiger partial charge in [0.05, 0.1) is 34.9 Å². The molecular formula is C42H40Dy2N8O10+2. The van der Waals surface area contributed by atoms with E-state index in [1.54, 1.807) is 60.7 Å². The molecule has 4 aromatic heterocycles. The molecule has 0 aliphatic rings. The maximum Gasteiger partial charge on any atom is 3.00 e. The maximum absolute atomic E-state index is 11.7. The predicted molar refractivity (Wildman–Crippen MR) is 218 cm³/mol. The van der Waals surface area contributed by atoms with E-state index in [1.165, 1.54) is 77.0 Å². The summed E-state index contributed by atoms with van der Waals surface area (Å²) >= 11 is 0. The van der Waals surface area contributed by atoms with E-state index in [0.717, 1.165) is 22.9 Å². The van der Waals surface area contributed by atoms with Crippen molar-refractivity contribution in [1.29, 1.82) is 0 Å². The minimum Gasteiger partial charge on any atom is -0.876 e. The summed E-state index contributed by atoms with van der Waals surface area (Å²) in [5.74, 6) is -2.00. The van der Waals surface area contributed by atoms with Crippen molar-refractivity contribution in [3.05, 3.63) is 156 Å². The SMILES string of the molecule is CC(=O)/C=C(/C)[O-].CC(=O)/C=C(/C)[O-].[Dy+3].[Dy+3].[O-]/C(=N\N=C\c1ccc2cccc([O-])c2n1)c1ccncc1.[O-]/C(=N\N=C\c1ccc2cccc([O-])c2n1)c1ccncc1.[OH3+].[OH3+]. The summed E-state index contributed by atoms with van der Waals surface area (Å²) in [4.78, 5) is 36.0. The number of carbonyl (C=O) groups excluding carboxylic acids is 2. The molecule has 2 aromatic carbocycles. The average Bonchev–Trinajstić information content (AvgIpc) is 3.19. The standard InChI is InChI=1S/2C16H12N4O2.2C5H8O2.2Dy.2H2O/c2*21-14-3-1-2-11-4-5-13(19-15(11)14)10-18-20-16(22)12-6-8-17-9-7-12;2*1-4(6)3-5(2)7;;;;/h2*1-10,21H,(H,20,22);2*3,6H,1-2H3;;;2*1H2/q;;;;2*+3;;/p-4/b2*18-10+;2*4-3-;;;;. The molecule has 6 N–H and O–H groups in total. The Morgan fingerprint density at radius 3 is 1.15 bits per heavy atom. The molecule has 0 aliphatic heterocycles. The molecule has 0 aliphatic carbocycles. The Kier molecular flexibility index (Phi) is 29.4. The average molecular weight is 1140 g/mol. The van der Waals surface area contributed by atoms with E-state index in [2.05, 4.69) is 40.3 Å². The molecule has 0 amide bonds. The number of allylic oxidation sites excluding steroid dienone is 4. The normalized spacial score (nSPS) is 11.2. The smallest absolute Gasteiger partial charge is 0.876 e. The Balaban J connectivity index is 0. The largest absolute Gasteiger partial charge is 3.00 e. The van der Waals surface area contributed by atoms with Crippen LogP contribution in [0, 0.1) is 76.3 Å². The Morgan fingerprint density at radius 1 is 0.516 bits per heavy atom. The van der Waals surface area contributed by atoms with E-state index in [1.807, 2.05) is 12.1 Å². The molecule has 0 bridgehead atoms. The van der Waals surface area contributed by atoms with Gasteiger partial charge in [0.1, 0.15) is 0 Å². The molecule has 6 rings (SSSR count). The van der Waals surface area contributed by atoms with Gasteiger partial charge in [0.15, 0.2) is 11.6 Å². The van der Waals surface area contributed by atoms with Gasteiger partial charge in [-0.3, -0.25) is 19.6 Å². The van der Waals surface area contributed by atoms with Crippen molar-refractivity contribution in [2.75, 3.05) is 0 Å². The summed E-state index contributed by atoms with van der Waals surface area (Å²) in [7, 11) is 0. The first-order chi connectivity index (χ1) is 27.7. The number of hydrogen-bond donors (Lipinski definition) is 0. The van der Waals surface area contributed by atoms with Gasteiger partial charge in [-0.05, 0) is 84.3 Å². The van der Waals surface area contributed by atoms with Gasteiger partial charge in [0.25, 0.3) is 0 Å². The first-order valence-electron chi connectivity index (χ1n) is 17.0. The molecule has 4 heterocycles. The Morgan fingerprint density at radius 2 is 0.855 bits per heavy atom. The number of nitrogens with zero attached hydrogens (tertiary/aromatic N) is 8. The second kappa shape index (κ2) is 31.2. The van der Waals surface area contributed by atoms with Gasteiger partial charge in [-0.25, -0.2) is 9.97 Å². The number of hydrogen-bond acceptors (Lipinski definition) is 16. The monoisotopic (exact) mass is 1140 g/mol. The van der Waals surface area contributed by atoms with Crippen LogP contribution in [0.15, 0.2) is 154 Å². The molecule has 2 radical (unpaired) electrons. The molecule has 62 heavy (non-hydrogen) atoms. The van der Waals surface area contributed by atoms with E-state index in [0.29, 0.717) is 33.5 Å². The molecule has 0 spiro atoms. The molecule has 18 nitrogen and oxygen atoms in total. The van der Waals surface area contributed by atoms with Gasteiger partial charge < -0.3 is 41.6 Å². The number of fused-ring (bicyclic) bond motifs is 2. The quantitative estimate of drug-likeness (QED) is 0.0466. The Labute approximate surface area is 416 Å². The number of ketones is 2. The summed E-state index contributed by atoms with van der Waals surface area (Å²) in [6.07, 6.45) is 10.8. The first kappa shape index (κ1) is 58.4. The van der Waals surface area contributed by atoms with Gasteiger partial charge >= 0.3 is 76.3 Å². The van der Waals surface area contributed by atoms with Crippen LogP contribution in [0.1, 0.15) is 50.2 Å². The zero-order chi connectivity index (χ0) is 42.5. The third-order valence-electron chi connectivity index (χ3n) is 6.75. The van der Waals surface area contributed by atoms with E-state index in [-0.39, 0.29) is 122 Å². The molecular weight excluding hydrogens is 1100 g/mol. The number of carbonyl (C=O) groups is 2. The van der Waals surface area contributed by atoms with Crippen molar-refractivity contribution in [1.82, 2.24) is 19.9 Å². The van der Waals surface area contributed by atoms with Crippen LogP contribution in [-0.2, 0) is 20.5 Å². The van der Waals surface area contributed by atoms with Crippen LogP contribution in [0.4, 0.5) is 0 Å². The van der Waals surface area contributed by atoms with Gasteiger partial charge in [-0.15, -0.1) is 11.5 Å². The fraction of sp³-hybridized carbons (Fsp3) is 0.0952. The van der Waals surface area contributed by atoms with Crippen LogP contribution >= 0.6 is 0 Å². The van der Waals surface area contributed by atoms with E-state index in [4.69, 9.17) is 0 Å². The number of benzene rings is 2. The zero-order valence-electron chi connectivity index (χ0n) is 33.3. The van der Waals surface area contributed by atoms with E-state index < -0.39 is 11.8 Å². The number of rotatable bonds is 8. The van der Waals surface area contributed by atoms with Gasteiger partial charge in [0.2, 0.25) is 0 Å². The minimum absolute atomic E-state index is 0. The molecule has 0 saturated heterocycles. The van der Waals surface area contributed by atoms with Gasteiger partial charge in [-0.1, -0.05) is 73.9 Å². The molecule has 0 unspecified atom stereocenters. The van der Waals surface area contributed by atoms with Crippen molar-refractivity contribution in [3.8, 4) is 11.5 Å². The Hall–Kier alpha value is -5.67. The fourth-order valence-corrected chi connectivity index (χ4v) is 4.37. The third kappa shape index (κ3) is 21.7. The Bertz CT molecular complexity index is 2340. The summed E-state index contributed by atoms with van der Waals surface area (Å²) in [6, 6.07) is 23.1. The van der Waals surface area contributed by atoms with E-state index in [9.17, 15) is 40.2 Å². The van der Waals surface area contributed by atoms with Crippen LogP contribution in [0.5, 0.6) is 11.5 Å². The van der Waals surface area contributed by atoms with Crippen LogP contribution in [0.3, 0.4) is 0 Å². The molecule has 0 fully saturated rings. The topological polar surface area (TPSA) is 340 Å². The first-order valence-corrected chi connectivity index (χ1v) is 17.0.